The highest BCUT2D eigenvalue weighted by atomic mass is 19.1. The van der Waals surface area contributed by atoms with Crippen molar-refractivity contribution in [1.29, 1.82) is 0 Å². The summed E-state index contributed by atoms with van der Waals surface area (Å²) < 4.78 is 13.1. The van der Waals surface area contributed by atoms with Gasteiger partial charge in [0.2, 0.25) is 6.04 Å². The Bertz CT molecular complexity index is 343. The molecule has 1 N–H and O–H groups in total. The molecule has 0 aromatic heterocycles. The van der Waals surface area contributed by atoms with Crippen LogP contribution in [0.2, 0.25) is 0 Å². The monoisotopic (exact) mass is 199 g/mol. The molecule has 0 amide bonds. The van der Waals surface area contributed by atoms with E-state index >= 15 is 0 Å². The Labute approximate surface area is 80.1 Å². The van der Waals surface area contributed by atoms with Gasteiger partial charge >= 0.3 is 0 Å². The molecule has 0 saturated heterocycles. The van der Waals surface area contributed by atoms with Crippen LogP contribution in [-0.4, -0.2) is 16.1 Å². The van der Waals surface area contributed by atoms with E-state index in [2.05, 4.69) is 0 Å². The Kier molecular flexibility index (Phi) is 3.14. The van der Waals surface area contributed by atoms with Crippen molar-refractivity contribution in [2.75, 3.05) is 0 Å². The molecule has 1 rings (SSSR count). The van der Waals surface area contributed by atoms with Gasteiger partial charge in [0.1, 0.15) is 11.9 Å². The van der Waals surface area contributed by atoms with Crippen molar-refractivity contribution in [2.45, 2.75) is 19.1 Å². The number of nitro groups is 1. The minimum Gasteiger partial charge on any atom is -0.381 e. The standard InChI is InChI=1S/C9H10FNO3/c1-6(11(13)14)9(12)7-4-2-3-5-8(7)10/h2-6,9,12H,1H3. The van der Waals surface area contributed by atoms with Crippen LogP contribution in [0.5, 0.6) is 0 Å². The van der Waals surface area contributed by atoms with Gasteiger partial charge in [0, 0.05) is 17.4 Å². The van der Waals surface area contributed by atoms with Gasteiger partial charge in [-0.3, -0.25) is 10.1 Å². The summed E-state index contributed by atoms with van der Waals surface area (Å²) in [6.45, 7) is 1.23. The van der Waals surface area contributed by atoms with Crippen molar-refractivity contribution in [3.8, 4) is 0 Å². The van der Waals surface area contributed by atoms with Gasteiger partial charge in [0.05, 0.1) is 0 Å². The fourth-order valence-electron chi connectivity index (χ4n) is 1.09. The van der Waals surface area contributed by atoms with Gasteiger partial charge in [-0.25, -0.2) is 4.39 Å². The Morgan fingerprint density at radius 1 is 1.50 bits per heavy atom. The zero-order valence-corrected chi connectivity index (χ0v) is 7.55. The minimum absolute atomic E-state index is 0.0447. The van der Waals surface area contributed by atoms with Crippen LogP contribution in [0.3, 0.4) is 0 Å². The van der Waals surface area contributed by atoms with Crippen LogP contribution in [0, 0.1) is 15.9 Å². The Morgan fingerprint density at radius 3 is 2.57 bits per heavy atom. The number of aliphatic hydroxyl groups is 1. The maximum absolute atomic E-state index is 13.1. The van der Waals surface area contributed by atoms with Gasteiger partial charge in [-0.1, -0.05) is 18.2 Å². The maximum atomic E-state index is 13.1. The number of hydrogen-bond donors (Lipinski definition) is 1. The topological polar surface area (TPSA) is 63.4 Å². The van der Waals surface area contributed by atoms with Crippen LogP contribution in [0.1, 0.15) is 18.6 Å². The van der Waals surface area contributed by atoms with Gasteiger partial charge in [0.25, 0.3) is 0 Å². The van der Waals surface area contributed by atoms with E-state index in [1.165, 1.54) is 25.1 Å². The van der Waals surface area contributed by atoms with Crippen molar-refractivity contribution in [3.63, 3.8) is 0 Å². The molecule has 0 aliphatic rings. The van der Waals surface area contributed by atoms with Crippen LogP contribution in [0.4, 0.5) is 4.39 Å². The quantitative estimate of drug-likeness (QED) is 0.593. The molecule has 14 heavy (non-hydrogen) atoms. The van der Waals surface area contributed by atoms with Crippen LogP contribution >= 0.6 is 0 Å². The lowest BCUT2D eigenvalue weighted by atomic mass is 10.0. The largest absolute Gasteiger partial charge is 0.381 e. The van der Waals surface area contributed by atoms with Crippen molar-refractivity contribution >= 4 is 0 Å². The molecule has 0 aliphatic carbocycles. The molecule has 1 aromatic rings. The summed E-state index contributed by atoms with van der Waals surface area (Å²) in [7, 11) is 0. The molecule has 1 aromatic carbocycles. The van der Waals surface area contributed by atoms with Gasteiger partial charge in [0.15, 0.2) is 0 Å². The zero-order valence-electron chi connectivity index (χ0n) is 7.55. The smallest absolute Gasteiger partial charge is 0.240 e. The van der Waals surface area contributed by atoms with Crippen LogP contribution in [-0.2, 0) is 0 Å². The Morgan fingerprint density at radius 2 is 2.07 bits per heavy atom. The summed E-state index contributed by atoms with van der Waals surface area (Å²) in [6, 6.07) is 4.26. The van der Waals surface area contributed by atoms with Gasteiger partial charge in [-0.05, 0) is 6.07 Å². The molecule has 76 valence electrons. The van der Waals surface area contributed by atoms with Crippen molar-refractivity contribution in [3.05, 3.63) is 45.8 Å². The lowest BCUT2D eigenvalue weighted by Crippen LogP contribution is -2.24. The average molecular weight is 199 g/mol. The summed E-state index contributed by atoms with van der Waals surface area (Å²) >= 11 is 0. The van der Waals surface area contributed by atoms with Crippen LogP contribution in [0.15, 0.2) is 24.3 Å². The predicted octanol–water partition coefficient (Wildman–Crippen LogP) is 1.52. The van der Waals surface area contributed by atoms with E-state index in [9.17, 15) is 19.6 Å². The second-order valence-corrected chi connectivity index (χ2v) is 2.99. The molecule has 0 spiro atoms. The number of benzene rings is 1. The third-order valence-corrected chi connectivity index (χ3v) is 2.01. The molecule has 2 atom stereocenters. The highest BCUT2D eigenvalue weighted by molar-refractivity contribution is 5.20. The first-order valence-corrected chi connectivity index (χ1v) is 4.10. The van der Waals surface area contributed by atoms with E-state index < -0.39 is 22.9 Å². The number of aliphatic hydroxyl groups excluding tert-OH is 1. The first kappa shape index (κ1) is 10.6. The lowest BCUT2D eigenvalue weighted by molar-refractivity contribution is -0.531. The molecule has 0 aliphatic heterocycles. The van der Waals surface area contributed by atoms with E-state index in [1.807, 2.05) is 0 Å². The highest BCUT2D eigenvalue weighted by Gasteiger charge is 2.27. The summed E-state index contributed by atoms with van der Waals surface area (Å²) in [4.78, 5) is 9.71. The van der Waals surface area contributed by atoms with E-state index in [0.29, 0.717) is 0 Å². The predicted molar refractivity (Wildman–Crippen MR) is 47.8 cm³/mol. The SMILES string of the molecule is CC(C(O)c1ccccc1F)[N+](=O)[O-]. The van der Waals surface area contributed by atoms with E-state index in [-0.39, 0.29) is 5.56 Å². The molecular formula is C9H10FNO3. The van der Waals surface area contributed by atoms with Crippen molar-refractivity contribution in [1.82, 2.24) is 0 Å². The molecular weight excluding hydrogens is 189 g/mol. The molecule has 5 heteroatoms. The fraction of sp³-hybridized carbons (Fsp3) is 0.333. The number of rotatable bonds is 3. The third-order valence-electron chi connectivity index (χ3n) is 2.01. The fourth-order valence-corrected chi connectivity index (χ4v) is 1.09. The average Bonchev–Trinajstić information content (AvgIpc) is 2.16. The molecule has 0 saturated carbocycles. The number of hydrogen-bond acceptors (Lipinski definition) is 3. The minimum atomic E-state index is -1.41. The number of nitrogens with zero attached hydrogens (tertiary/aromatic N) is 1. The molecule has 0 heterocycles. The van der Waals surface area contributed by atoms with Gasteiger partial charge < -0.3 is 5.11 Å². The normalized spacial score (nSPS) is 14.8. The maximum Gasteiger partial charge on any atom is 0.240 e. The summed E-state index contributed by atoms with van der Waals surface area (Å²) in [6.07, 6.45) is -1.41. The molecule has 0 bridgehead atoms. The summed E-state index contributed by atoms with van der Waals surface area (Å²) in [5.41, 5.74) is -0.0447. The first-order chi connectivity index (χ1) is 6.54. The highest BCUT2D eigenvalue weighted by Crippen LogP contribution is 2.20. The molecule has 2 unspecified atom stereocenters. The van der Waals surface area contributed by atoms with Crippen molar-refractivity contribution < 1.29 is 14.4 Å². The van der Waals surface area contributed by atoms with Gasteiger partial charge in [-0.2, -0.15) is 0 Å². The Balaban J connectivity index is 2.94. The first-order valence-electron chi connectivity index (χ1n) is 4.10. The van der Waals surface area contributed by atoms with E-state index in [0.717, 1.165) is 6.07 Å². The van der Waals surface area contributed by atoms with Gasteiger partial charge in [-0.15, -0.1) is 0 Å². The van der Waals surface area contributed by atoms with Crippen LogP contribution in [0.25, 0.3) is 0 Å². The molecule has 0 fully saturated rings. The Hall–Kier alpha value is -1.49. The second kappa shape index (κ2) is 4.15. The zero-order chi connectivity index (χ0) is 10.7. The summed E-state index contributed by atoms with van der Waals surface area (Å²) in [5, 5.41) is 19.8. The van der Waals surface area contributed by atoms with E-state index in [1.54, 1.807) is 0 Å². The van der Waals surface area contributed by atoms with Crippen molar-refractivity contribution in [2.24, 2.45) is 0 Å². The second-order valence-electron chi connectivity index (χ2n) is 2.99. The number of halogens is 1. The lowest BCUT2D eigenvalue weighted by Gasteiger charge is -2.12. The third kappa shape index (κ3) is 2.05. The molecule has 4 nitrogen and oxygen atoms in total. The molecule has 0 radical (unpaired) electrons. The summed E-state index contributed by atoms with van der Waals surface area (Å²) in [5.74, 6) is -0.631. The van der Waals surface area contributed by atoms with E-state index in [4.69, 9.17) is 0 Å². The van der Waals surface area contributed by atoms with Crippen LogP contribution < -0.4 is 0 Å².